The Hall–Kier alpha value is -0.870. The summed E-state index contributed by atoms with van der Waals surface area (Å²) in [6.07, 6.45) is -7.13. The Morgan fingerprint density at radius 3 is 2.55 bits per heavy atom. The molecule has 0 amide bonds. The van der Waals surface area contributed by atoms with E-state index in [9.17, 15) is 31.1 Å². The fourth-order valence-corrected chi connectivity index (χ4v) is 4.54. The van der Waals surface area contributed by atoms with Gasteiger partial charge in [0.15, 0.2) is 14.9 Å². The van der Waals surface area contributed by atoms with Gasteiger partial charge in [-0.2, -0.15) is 13.2 Å². The molecule has 0 saturated carbocycles. The first-order valence-corrected chi connectivity index (χ1v) is 9.01. The number of sulfone groups is 1. The normalized spacial score (nSPS) is 23.4. The van der Waals surface area contributed by atoms with Crippen molar-refractivity contribution in [3.63, 3.8) is 0 Å². The average Bonchev–Trinajstić information content (AvgIpc) is 2.84. The largest absolute Gasteiger partial charge is 0.483 e. The predicted octanol–water partition coefficient (Wildman–Crippen LogP) is 2.66. The highest BCUT2D eigenvalue weighted by atomic mass is 32.2. The second-order valence-electron chi connectivity index (χ2n) is 5.26. The van der Waals surface area contributed by atoms with Gasteiger partial charge in [0.25, 0.3) is 0 Å². The first-order valence-electron chi connectivity index (χ1n) is 6.30. The lowest BCUT2D eigenvalue weighted by atomic mass is 10.2. The summed E-state index contributed by atoms with van der Waals surface area (Å²) >= 11 is 0.623. The molecule has 0 bridgehead atoms. The summed E-state index contributed by atoms with van der Waals surface area (Å²) < 4.78 is 79.2. The second kappa shape index (κ2) is 5.64. The van der Waals surface area contributed by atoms with Crippen molar-refractivity contribution in [2.75, 3.05) is 12.9 Å². The highest BCUT2D eigenvalue weighted by Crippen LogP contribution is 2.48. The van der Waals surface area contributed by atoms with Gasteiger partial charge in [-0.25, -0.2) is 12.8 Å². The quantitative estimate of drug-likeness (QED) is 0.837. The summed E-state index contributed by atoms with van der Waals surface area (Å²) in [5.74, 6) is -1.75. The molecule has 22 heavy (non-hydrogen) atoms. The fraction of sp³-hybridized carbons (Fsp3) is 0.667. The van der Waals surface area contributed by atoms with Gasteiger partial charge in [0.05, 0.1) is 5.92 Å². The first kappa shape index (κ1) is 17.5. The minimum absolute atomic E-state index is 0.0780. The summed E-state index contributed by atoms with van der Waals surface area (Å²) in [4.78, 5) is 0. The van der Waals surface area contributed by atoms with Gasteiger partial charge >= 0.3 is 6.18 Å². The summed E-state index contributed by atoms with van der Waals surface area (Å²) in [6, 6.07) is 0. The molecule has 0 spiro atoms. The van der Waals surface area contributed by atoms with Crippen molar-refractivity contribution in [3.8, 4) is 5.06 Å². The van der Waals surface area contributed by atoms with Crippen LogP contribution in [-0.2, 0) is 16.3 Å². The Labute approximate surface area is 128 Å². The van der Waals surface area contributed by atoms with Gasteiger partial charge in [0, 0.05) is 23.8 Å². The number of thiophene rings is 1. The molecular weight excluding hydrogens is 348 g/mol. The van der Waals surface area contributed by atoms with Crippen molar-refractivity contribution in [2.24, 2.45) is 5.92 Å². The van der Waals surface area contributed by atoms with Crippen LogP contribution in [0.1, 0.15) is 24.2 Å². The van der Waals surface area contributed by atoms with Crippen LogP contribution in [0.2, 0.25) is 0 Å². The molecule has 0 saturated heterocycles. The Kier molecular flexibility index (Phi) is 4.48. The third-order valence-electron chi connectivity index (χ3n) is 3.37. The van der Waals surface area contributed by atoms with E-state index in [1.165, 1.54) is 0 Å². The number of aliphatic hydroxyl groups is 1. The van der Waals surface area contributed by atoms with E-state index in [1.807, 2.05) is 0 Å². The summed E-state index contributed by atoms with van der Waals surface area (Å²) in [7, 11) is -3.74. The molecule has 1 aliphatic carbocycles. The molecule has 0 radical (unpaired) electrons. The monoisotopic (exact) mass is 362 g/mol. The van der Waals surface area contributed by atoms with E-state index >= 15 is 0 Å². The van der Waals surface area contributed by atoms with E-state index in [1.54, 1.807) is 0 Å². The van der Waals surface area contributed by atoms with Crippen LogP contribution in [0.25, 0.3) is 0 Å². The highest BCUT2D eigenvalue weighted by molar-refractivity contribution is 7.92. The average molecular weight is 362 g/mol. The maximum Gasteiger partial charge on any atom is 0.394 e. The van der Waals surface area contributed by atoms with E-state index in [2.05, 4.69) is 0 Å². The number of aliphatic hydroxyl groups excluding tert-OH is 1. The van der Waals surface area contributed by atoms with Gasteiger partial charge in [0.1, 0.15) is 23.1 Å². The van der Waals surface area contributed by atoms with Crippen molar-refractivity contribution in [3.05, 3.63) is 11.1 Å². The summed E-state index contributed by atoms with van der Waals surface area (Å²) in [5.41, 5.74) is 0.0504. The van der Waals surface area contributed by atoms with Crippen molar-refractivity contribution in [1.29, 1.82) is 0 Å². The van der Waals surface area contributed by atoms with Crippen LogP contribution in [-0.4, -0.2) is 38.7 Å². The van der Waals surface area contributed by atoms with Gasteiger partial charge in [0.2, 0.25) is 0 Å². The lowest BCUT2D eigenvalue weighted by Gasteiger charge is -2.15. The number of halogens is 4. The standard InChI is InChI=1S/C12H14F4O4S2/c1-5(12(14,15)16)4-20-10-6-3-7(13)9(17)8(6)11(21-10)22(2,18)19/h5,7,9,17H,3-4H2,1-2H3/t5-,7+,9+/m0/s1. The zero-order valence-electron chi connectivity index (χ0n) is 11.6. The lowest BCUT2D eigenvalue weighted by molar-refractivity contribution is -0.176. The highest BCUT2D eigenvalue weighted by Gasteiger charge is 2.41. The predicted molar refractivity (Wildman–Crippen MR) is 71.7 cm³/mol. The van der Waals surface area contributed by atoms with Crippen LogP contribution in [0.4, 0.5) is 17.6 Å². The van der Waals surface area contributed by atoms with Crippen LogP contribution in [0.15, 0.2) is 4.21 Å². The van der Waals surface area contributed by atoms with Crippen molar-refractivity contribution in [2.45, 2.75) is 36.0 Å². The Bertz CT molecular complexity index is 665. The van der Waals surface area contributed by atoms with Gasteiger partial charge in [-0.1, -0.05) is 18.3 Å². The SMILES string of the molecule is C[C@@H](COc1sc(S(C)(=O)=O)c2c1C[C@@H](F)[C@H]2O)C(F)(F)F. The molecule has 1 aromatic rings. The molecule has 10 heteroatoms. The number of alkyl halides is 4. The van der Waals surface area contributed by atoms with Crippen LogP contribution in [0.3, 0.4) is 0 Å². The van der Waals surface area contributed by atoms with Gasteiger partial charge < -0.3 is 9.84 Å². The molecule has 3 atom stereocenters. The van der Waals surface area contributed by atoms with Gasteiger partial charge in [-0.15, -0.1) is 0 Å². The Morgan fingerprint density at radius 1 is 1.45 bits per heavy atom. The molecular formula is C12H14F4O4S2. The second-order valence-corrected chi connectivity index (χ2v) is 8.45. The molecule has 0 aliphatic heterocycles. The Balaban J connectivity index is 2.33. The zero-order valence-corrected chi connectivity index (χ0v) is 13.3. The van der Waals surface area contributed by atoms with E-state index in [0.717, 1.165) is 13.2 Å². The molecule has 0 unspecified atom stereocenters. The molecule has 4 nitrogen and oxygen atoms in total. The third kappa shape index (κ3) is 3.23. The molecule has 126 valence electrons. The molecule has 0 aromatic carbocycles. The van der Waals surface area contributed by atoms with Crippen molar-refractivity contribution < 1.29 is 35.8 Å². The zero-order chi connectivity index (χ0) is 16.9. The van der Waals surface area contributed by atoms with Crippen molar-refractivity contribution >= 4 is 21.2 Å². The number of ether oxygens (including phenoxy) is 1. The number of fused-ring (bicyclic) bond motifs is 1. The number of hydrogen-bond acceptors (Lipinski definition) is 5. The molecule has 2 rings (SSSR count). The van der Waals surface area contributed by atoms with Crippen LogP contribution in [0, 0.1) is 5.92 Å². The van der Waals surface area contributed by atoms with E-state index in [4.69, 9.17) is 4.74 Å². The molecule has 1 heterocycles. The van der Waals surface area contributed by atoms with Crippen LogP contribution in [0.5, 0.6) is 5.06 Å². The fourth-order valence-electron chi connectivity index (χ4n) is 2.10. The number of hydrogen-bond donors (Lipinski definition) is 1. The molecule has 1 aromatic heterocycles. The lowest BCUT2D eigenvalue weighted by Crippen LogP contribution is -2.25. The smallest absolute Gasteiger partial charge is 0.394 e. The van der Waals surface area contributed by atoms with E-state index < -0.39 is 40.8 Å². The summed E-state index contributed by atoms with van der Waals surface area (Å²) in [6.45, 7) is 0.227. The summed E-state index contributed by atoms with van der Waals surface area (Å²) in [5, 5.41) is 9.67. The van der Waals surface area contributed by atoms with Crippen LogP contribution < -0.4 is 4.74 Å². The van der Waals surface area contributed by atoms with Gasteiger partial charge in [-0.05, 0) is 0 Å². The van der Waals surface area contributed by atoms with E-state index in [0.29, 0.717) is 11.3 Å². The molecule has 0 fully saturated rings. The Morgan fingerprint density at radius 2 is 2.05 bits per heavy atom. The third-order valence-corrected chi connectivity index (χ3v) is 6.38. The van der Waals surface area contributed by atoms with Crippen LogP contribution >= 0.6 is 11.3 Å². The minimum Gasteiger partial charge on any atom is -0.483 e. The van der Waals surface area contributed by atoms with Crippen molar-refractivity contribution in [1.82, 2.24) is 0 Å². The van der Waals surface area contributed by atoms with Gasteiger partial charge in [-0.3, -0.25) is 0 Å². The molecule has 1 N–H and O–H groups in total. The maximum atomic E-state index is 13.6. The first-order chi connectivity index (χ1) is 9.93. The maximum absolute atomic E-state index is 13.6. The van der Waals surface area contributed by atoms with E-state index in [-0.39, 0.29) is 26.8 Å². The molecule has 1 aliphatic rings. The number of rotatable bonds is 4. The minimum atomic E-state index is -4.44. The topological polar surface area (TPSA) is 63.6 Å².